The summed E-state index contributed by atoms with van der Waals surface area (Å²) in [5.74, 6) is -0.488. The number of aromatic nitrogens is 1. The predicted octanol–water partition coefficient (Wildman–Crippen LogP) is 2.33. The number of thiazole rings is 1. The summed E-state index contributed by atoms with van der Waals surface area (Å²) in [6, 6.07) is -0.107. The number of hydrogen-bond acceptors (Lipinski definition) is 4. The van der Waals surface area contributed by atoms with Gasteiger partial charge in [0.15, 0.2) is 0 Å². The molecule has 4 nitrogen and oxygen atoms in total. The molecule has 2 atom stereocenters. The normalized spacial score (nSPS) is 13.9. The number of nitrogens with two attached hydrogens (primary N) is 1. The molecule has 1 amide bonds. The van der Waals surface area contributed by atoms with Gasteiger partial charge in [-0.15, -0.1) is 11.3 Å². The monoisotopic (exact) mass is 285 g/mol. The highest BCUT2D eigenvalue weighted by molar-refractivity contribution is 7.80. The fraction of sp³-hybridized carbons (Fsp3) is 0.583. The molecular weight excluding hydrogens is 266 g/mol. The van der Waals surface area contributed by atoms with Crippen molar-refractivity contribution in [1.82, 2.24) is 10.3 Å². The van der Waals surface area contributed by atoms with Gasteiger partial charge in [0, 0.05) is 11.1 Å². The zero-order valence-corrected chi connectivity index (χ0v) is 12.5. The Morgan fingerprint density at radius 1 is 1.67 bits per heavy atom. The second-order valence-corrected chi connectivity index (χ2v) is 5.66. The second-order valence-electron chi connectivity index (χ2n) is 4.30. The number of nitrogens with one attached hydrogen (secondary N) is 1. The lowest BCUT2D eigenvalue weighted by Gasteiger charge is -2.17. The lowest BCUT2D eigenvalue weighted by molar-refractivity contribution is -0.123. The van der Waals surface area contributed by atoms with Gasteiger partial charge in [0.25, 0.3) is 0 Å². The van der Waals surface area contributed by atoms with Crippen LogP contribution in [0.25, 0.3) is 0 Å². The van der Waals surface area contributed by atoms with Gasteiger partial charge in [0.1, 0.15) is 5.01 Å². The zero-order valence-electron chi connectivity index (χ0n) is 10.9. The van der Waals surface area contributed by atoms with Crippen molar-refractivity contribution in [1.29, 1.82) is 0 Å². The average Bonchev–Trinajstić information content (AvgIpc) is 2.72. The van der Waals surface area contributed by atoms with E-state index in [1.54, 1.807) is 11.3 Å². The van der Waals surface area contributed by atoms with E-state index < -0.39 is 0 Å². The van der Waals surface area contributed by atoms with Crippen LogP contribution in [-0.2, 0) is 4.79 Å². The summed E-state index contributed by atoms with van der Waals surface area (Å²) in [5.41, 5.74) is 6.57. The maximum absolute atomic E-state index is 12.1. The summed E-state index contributed by atoms with van der Waals surface area (Å²) in [6.45, 7) is 5.86. The van der Waals surface area contributed by atoms with Gasteiger partial charge >= 0.3 is 0 Å². The summed E-state index contributed by atoms with van der Waals surface area (Å²) < 4.78 is 0. The van der Waals surface area contributed by atoms with Crippen LogP contribution in [0.2, 0.25) is 0 Å². The minimum absolute atomic E-state index is 0.107. The first-order valence-corrected chi connectivity index (χ1v) is 7.26. The number of thiocarbonyl (C=S) groups is 1. The van der Waals surface area contributed by atoms with Gasteiger partial charge < -0.3 is 11.1 Å². The Hall–Kier alpha value is -1.01. The molecular formula is C12H19N3OS2. The van der Waals surface area contributed by atoms with Crippen molar-refractivity contribution in [3.63, 3.8) is 0 Å². The van der Waals surface area contributed by atoms with Gasteiger partial charge in [-0.3, -0.25) is 4.79 Å². The van der Waals surface area contributed by atoms with Gasteiger partial charge in [-0.05, 0) is 20.3 Å². The first kappa shape index (κ1) is 15.0. The van der Waals surface area contributed by atoms with E-state index in [1.165, 1.54) is 0 Å². The van der Waals surface area contributed by atoms with Crippen molar-refractivity contribution >= 4 is 34.5 Å². The lowest BCUT2D eigenvalue weighted by atomic mass is 10.0. The molecule has 0 radical (unpaired) electrons. The number of aryl methyl sites for hydroxylation is 1. The molecule has 0 aliphatic carbocycles. The summed E-state index contributed by atoms with van der Waals surface area (Å²) in [5, 5.41) is 5.79. The number of amides is 1. The number of hydrogen-bond donors (Lipinski definition) is 2. The van der Waals surface area contributed by atoms with Crippen LogP contribution in [0.5, 0.6) is 0 Å². The molecule has 100 valence electrons. The van der Waals surface area contributed by atoms with Gasteiger partial charge in [-0.2, -0.15) is 0 Å². The molecule has 0 aromatic carbocycles. The van der Waals surface area contributed by atoms with E-state index in [0.29, 0.717) is 6.42 Å². The predicted molar refractivity (Wildman–Crippen MR) is 78.6 cm³/mol. The topological polar surface area (TPSA) is 68.0 Å². The van der Waals surface area contributed by atoms with E-state index in [2.05, 4.69) is 10.3 Å². The molecule has 3 N–H and O–H groups in total. The first-order chi connectivity index (χ1) is 8.45. The van der Waals surface area contributed by atoms with Crippen LogP contribution in [0.15, 0.2) is 5.38 Å². The maximum Gasteiger partial charge on any atom is 0.230 e. The molecule has 1 aromatic heterocycles. The summed E-state index contributed by atoms with van der Waals surface area (Å²) >= 11 is 6.48. The molecule has 0 spiro atoms. The molecule has 1 aromatic rings. The molecule has 0 saturated carbocycles. The van der Waals surface area contributed by atoms with Crippen LogP contribution < -0.4 is 11.1 Å². The van der Waals surface area contributed by atoms with Crippen LogP contribution in [0.4, 0.5) is 0 Å². The van der Waals surface area contributed by atoms with E-state index in [4.69, 9.17) is 18.0 Å². The number of nitrogens with zero attached hydrogens (tertiary/aromatic N) is 1. The second kappa shape index (κ2) is 6.80. The molecule has 0 bridgehead atoms. The zero-order chi connectivity index (χ0) is 13.7. The van der Waals surface area contributed by atoms with Crippen molar-refractivity contribution in [2.24, 2.45) is 11.7 Å². The highest BCUT2D eigenvalue weighted by atomic mass is 32.1. The van der Waals surface area contributed by atoms with Gasteiger partial charge in [0.2, 0.25) is 5.91 Å². The van der Waals surface area contributed by atoms with Crippen LogP contribution in [0.3, 0.4) is 0 Å². The third-order valence-corrected chi connectivity index (χ3v) is 4.03. The maximum atomic E-state index is 12.1. The van der Waals surface area contributed by atoms with E-state index in [0.717, 1.165) is 17.1 Å². The minimum atomic E-state index is -0.381. The molecule has 0 aliphatic heterocycles. The van der Waals surface area contributed by atoms with Gasteiger partial charge in [-0.25, -0.2) is 4.98 Å². The third-order valence-electron chi connectivity index (χ3n) is 2.60. The van der Waals surface area contributed by atoms with Crippen molar-refractivity contribution in [3.8, 4) is 0 Å². The molecule has 1 rings (SSSR count). The Morgan fingerprint density at radius 3 is 2.78 bits per heavy atom. The summed E-state index contributed by atoms with van der Waals surface area (Å²) in [4.78, 5) is 16.7. The summed E-state index contributed by atoms with van der Waals surface area (Å²) in [7, 11) is 0. The van der Waals surface area contributed by atoms with Crippen LogP contribution in [0.1, 0.15) is 43.4 Å². The molecule has 18 heavy (non-hydrogen) atoms. The molecule has 0 fully saturated rings. The summed E-state index contributed by atoms with van der Waals surface area (Å²) in [6.07, 6.45) is 1.56. The average molecular weight is 285 g/mol. The molecule has 6 heteroatoms. The van der Waals surface area contributed by atoms with Crippen molar-refractivity contribution in [2.75, 3.05) is 0 Å². The highest BCUT2D eigenvalue weighted by Crippen LogP contribution is 2.18. The van der Waals surface area contributed by atoms with Gasteiger partial charge in [0.05, 0.1) is 16.9 Å². The van der Waals surface area contributed by atoms with E-state index in [9.17, 15) is 4.79 Å². The van der Waals surface area contributed by atoms with E-state index in [-0.39, 0.29) is 22.9 Å². The lowest BCUT2D eigenvalue weighted by Crippen LogP contribution is -2.39. The quantitative estimate of drug-likeness (QED) is 0.787. The first-order valence-electron chi connectivity index (χ1n) is 5.97. The number of carbonyl (C=O) groups excluding carboxylic acids is 1. The fourth-order valence-electron chi connectivity index (χ4n) is 1.64. The van der Waals surface area contributed by atoms with Crippen LogP contribution in [-0.4, -0.2) is 15.9 Å². The third kappa shape index (κ3) is 4.03. The highest BCUT2D eigenvalue weighted by Gasteiger charge is 2.22. The smallest absolute Gasteiger partial charge is 0.230 e. The Morgan fingerprint density at radius 2 is 2.33 bits per heavy atom. The standard InChI is InChI=1S/C12H19N3OS2/c1-4-5-9(10(13)17)11(16)15-8(3)12-14-7(2)6-18-12/h6,8-9H,4-5H2,1-3H3,(H2,13,17)(H,15,16). The molecule has 0 aliphatic rings. The van der Waals surface area contributed by atoms with E-state index >= 15 is 0 Å². The van der Waals surface area contributed by atoms with Crippen LogP contribution in [0, 0.1) is 12.8 Å². The minimum Gasteiger partial charge on any atom is -0.393 e. The SMILES string of the molecule is CCCC(C(=O)NC(C)c1nc(C)cs1)C(N)=S. The van der Waals surface area contributed by atoms with Crippen molar-refractivity contribution in [3.05, 3.63) is 16.1 Å². The molecule has 2 unspecified atom stereocenters. The Kier molecular flexibility index (Phi) is 5.68. The molecule has 0 saturated heterocycles. The molecule has 1 heterocycles. The Labute approximate surface area is 117 Å². The van der Waals surface area contributed by atoms with E-state index in [1.807, 2.05) is 26.2 Å². The Bertz CT molecular complexity index is 431. The number of carbonyl (C=O) groups is 1. The van der Waals surface area contributed by atoms with Crippen molar-refractivity contribution in [2.45, 2.75) is 39.7 Å². The largest absolute Gasteiger partial charge is 0.393 e. The number of rotatable bonds is 6. The fourth-order valence-corrected chi connectivity index (χ4v) is 2.67. The Balaban J connectivity index is 2.65. The van der Waals surface area contributed by atoms with Gasteiger partial charge in [-0.1, -0.05) is 25.6 Å². The van der Waals surface area contributed by atoms with Crippen molar-refractivity contribution < 1.29 is 4.79 Å². The van der Waals surface area contributed by atoms with Crippen LogP contribution >= 0.6 is 23.6 Å².